The molecule has 2 bridgehead atoms. The third kappa shape index (κ3) is 5.84. The van der Waals surface area contributed by atoms with Gasteiger partial charge in [0.2, 0.25) is 15.6 Å². The van der Waals surface area contributed by atoms with Crippen molar-refractivity contribution in [3.63, 3.8) is 0 Å². The molecule has 12 heteroatoms. The third-order valence-corrected chi connectivity index (χ3v) is 12.7. The van der Waals surface area contributed by atoms with Crippen LogP contribution in [0.15, 0.2) is 76.9 Å². The zero-order valence-corrected chi connectivity index (χ0v) is 29.1. The van der Waals surface area contributed by atoms with Crippen molar-refractivity contribution in [1.29, 1.82) is 0 Å². The van der Waals surface area contributed by atoms with E-state index in [0.717, 1.165) is 23.8 Å². The molecule has 1 amide bonds. The van der Waals surface area contributed by atoms with Crippen LogP contribution < -0.4 is 10.0 Å². The van der Waals surface area contributed by atoms with Crippen LogP contribution in [0.3, 0.4) is 0 Å². The number of para-hydroxylation sites is 1. The molecule has 8 rings (SSSR count). The zero-order chi connectivity index (χ0) is 33.9. The summed E-state index contributed by atoms with van der Waals surface area (Å²) >= 11 is 0. The Labute approximate surface area is 283 Å². The molecular formula is C36H45BN4O6S. The molecule has 3 aliphatic carbocycles. The highest BCUT2D eigenvalue weighted by atomic mass is 32.2. The van der Waals surface area contributed by atoms with Gasteiger partial charge < -0.3 is 19.5 Å². The maximum atomic E-state index is 14.4. The predicted octanol–water partition coefficient (Wildman–Crippen LogP) is 5.07. The number of carbonyl (C=O) groups is 1. The van der Waals surface area contributed by atoms with Gasteiger partial charge in [-0.3, -0.25) is 9.78 Å². The normalized spacial score (nSPS) is 29.6. The Morgan fingerprint density at radius 2 is 1.81 bits per heavy atom. The van der Waals surface area contributed by atoms with Gasteiger partial charge in [0, 0.05) is 24.4 Å². The van der Waals surface area contributed by atoms with Crippen molar-refractivity contribution in [2.45, 2.75) is 94.9 Å². The second-order valence-electron chi connectivity index (χ2n) is 15.3. The first-order valence-electron chi connectivity index (χ1n) is 17.1. The van der Waals surface area contributed by atoms with Gasteiger partial charge in [0.25, 0.3) is 5.91 Å². The first-order chi connectivity index (χ1) is 22.8. The van der Waals surface area contributed by atoms with E-state index in [1.165, 1.54) is 6.07 Å². The van der Waals surface area contributed by atoms with Gasteiger partial charge in [-0.15, -0.1) is 0 Å². The molecule has 6 atom stereocenters. The highest BCUT2D eigenvalue weighted by molar-refractivity contribution is 7.89. The fraction of sp³-hybridized carbons (Fsp3) is 0.528. The summed E-state index contributed by atoms with van der Waals surface area (Å²) in [7, 11) is -4.53. The summed E-state index contributed by atoms with van der Waals surface area (Å²) in [4.78, 5) is 24.9. The fourth-order valence-electron chi connectivity index (χ4n) is 8.53. The van der Waals surface area contributed by atoms with Gasteiger partial charge in [-0.05, 0) is 67.1 Å². The number of pyridine rings is 1. The summed E-state index contributed by atoms with van der Waals surface area (Å²) < 4.78 is 42.9. The van der Waals surface area contributed by atoms with E-state index in [4.69, 9.17) is 14.1 Å². The molecule has 0 radical (unpaired) electrons. The highest BCUT2D eigenvalue weighted by Gasteiger charge is 2.68. The number of oxime groups is 1. The Bertz CT molecular complexity index is 1830. The van der Waals surface area contributed by atoms with Crippen LogP contribution in [-0.2, 0) is 35.4 Å². The summed E-state index contributed by atoms with van der Waals surface area (Å²) in [6, 6.07) is 18.3. The average molecular weight is 673 g/mol. The van der Waals surface area contributed by atoms with Crippen LogP contribution >= 0.6 is 0 Å². The number of hydrogen-bond acceptors (Lipinski definition) is 8. The molecule has 2 aromatic carbocycles. The van der Waals surface area contributed by atoms with Gasteiger partial charge in [0.05, 0.1) is 35.4 Å². The first kappa shape index (κ1) is 33.2. The quantitative estimate of drug-likeness (QED) is 0.273. The number of rotatable bonds is 11. The van der Waals surface area contributed by atoms with Crippen LogP contribution in [0.4, 0.5) is 0 Å². The van der Waals surface area contributed by atoms with Gasteiger partial charge in [0.15, 0.2) is 0 Å². The number of benzene rings is 2. The standard InChI is InChI=1S/C36H45BN4O6S/c1-23(2)17-31(37-45-30-19-26-18-29(34(26,3)4)35(30,5)46-37)40-33(42)36(20-24-11-7-6-8-12-24)21-27(41-47-36)22-39-48(43,44)28-15-9-13-25-14-10-16-38-32(25)28/h6-16,23,26,29-31,39H,17-22H2,1-5H3,(H,40,42)/t26-,29-,30+,31-,35-,36?/m0/s1. The largest absolute Gasteiger partial charge is 0.481 e. The molecule has 254 valence electrons. The van der Waals surface area contributed by atoms with E-state index in [2.05, 4.69) is 54.8 Å². The molecular weight excluding hydrogens is 627 g/mol. The molecule has 2 N–H and O–H groups in total. The van der Waals surface area contributed by atoms with E-state index in [9.17, 15) is 13.2 Å². The maximum absolute atomic E-state index is 14.4. The third-order valence-electron chi connectivity index (χ3n) is 11.3. The molecule has 4 fully saturated rings. The van der Waals surface area contributed by atoms with Crippen molar-refractivity contribution in [2.24, 2.45) is 28.3 Å². The SMILES string of the molecule is CC(C)C[C@H](NC(=O)C1(Cc2ccccc2)CC(CNS(=O)(=O)c2cccc3cccnc23)=NO1)B1O[C@@H]2C[C@@H]3C[C@@H](C3(C)C)[C@]2(C)O1. The zero-order valence-electron chi connectivity index (χ0n) is 28.3. The van der Waals surface area contributed by atoms with Crippen molar-refractivity contribution in [3.8, 4) is 0 Å². The summed E-state index contributed by atoms with van der Waals surface area (Å²) in [6.07, 6.45) is 4.69. The van der Waals surface area contributed by atoms with Crippen LogP contribution in [0.1, 0.15) is 65.9 Å². The lowest BCUT2D eigenvalue weighted by atomic mass is 9.43. The van der Waals surface area contributed by atoms with Gasteiger partial charge >= 0.3 is 7.12 Å². The van der Waals surface area contributed by atoms with E-state index in [-0.39, 0.29) is 47.6 Å². The second-order valence-corrected chi connectivity index (χ2v) is 17.0. The second kappa shape index (κ2) is 12.2. The van der Waals surface area contributed by atoms with Crippen molar-refractivity contribution in [2.75, 3.05) is 6.54 Å². The Morgan fingerprint density at radius 1 is 1.04 bits per heavy atom. The smallest absolute Gasteiger partial charge is 0.404 e. The molecule has 3 saturated carbocycles. The Balaban J connectivity index is 1.09. The van der Waals surface area contributed by atoms with E-state index >= 15 is 0 Å². The lowest BCUT2D eigenvalue weighted by molar-refractivity contribution is -0.199. The minimum absolute atomic E-state index is 0.00765. The minimum Gasteiger partial charge on any atom is -0.404 e. The lowest BCUT2D eigenvalue weighted by Gasteiger charge is -2.64. The molecule has 1 unspecified atom stereocenters. The molecule has 5 aliphatic rings. The van der Waals surface area contributed by atoms with Crippen molar-refractivity contribution >= 4 is 39.7 Å². The number of amides is 1. The van der Waals surface area contributed by atoms with Gasteiger partial charge in [-0.25, -0.2) is 13.1 Å². The number of nitrogens with zero attached hydrogens (tertiary/aromatic N) is 2. The number of aromatic nitrogens is 1. The molecule has 3 aromatic rings. The van der Waals surface area contributed by atoms with Gasteiger partial charge in [-0.1, -0.05) is 81.4 Å². The van der Waals surface area contributed by atoms with Crippen molar-refractivity contribution in [1.82, 2.24) is 15.0 Å². The van der Waals surface area contributed by atoms with Crippen LogP contribution in [0.25, 0.3) is 10.9 Å². The maximum Gasteiger partial charge on any atom is 0.481 e. The number of hydrogen-bond donors (Lipinski definition) is 2. The number of carbonyl (C=O) groups excluding carboxylic acids is 1. The number of sulfonamides is 1. The van der Waals surface area contributed by atoms with E-state index < -0.39 is 34.3 Å². The molecule has 1 saturated heterocycles. The number of fused-ring (bicyclic) bond motifs is 1. The van der Waals surface area contributed by atoms with Crippen LogP contribution in [0.5, 0.6) is 0 Å². The molecule has 1 aromatic heterocycles. The fourth-order valence-corrected chi connectivity index (χ4v) is 9.72. The molecule has 0 spiro atoms. The van der Waals surface area contributed by atoms with Crippen LogP contribution in [-0.4, -0.2) is 61.9 Å². The minimum atomic E-state index is -3.94. The molecule has 3 heterocycles. The summed E-state index contributed by atoms with van der Waals surface area (Å²) in [5, 5.41) is 8.28. The lowest BCUT2D eigenvalue weighted by Crippen LogP contribution is -2.65. The van der Waals surface area contributed by atoms with Crippen LogP contribution in [0.2, 0.25) is 0 Å². The van der Waals surface area contributed by atoms with E-state index in [1.807, 2.05) is 42.5 Å². The van der Waals surface area contributed by atoms with Crippen LogP contribution in [0, 0.1) is 23.2 Å². The Morgan fingerprint density at radius 3 is 2.56 bits per heavy atom. The van der Waals surface area contributed by atoms with E-state index in [1.54, 1.807) is 18.3 Å². The van der Waals surface area contributed by atoms with Crippen molar-refractivity contribution in [3.05, 3.63) is 72.4 Å². The average Bonchev–Trinajstić information content (AvgIpc) is 3.64. The Hall–Kier alpha value is -3.32. The van der Waals surface area contributed by atoms with Crippen molar-refractivity contribution < 1.29 is 27.4 Å². The summed E-state index contributed by atoms with van der Waals surface area (Å²) in [6.45, 7) is 11.0. The van der Waals surface area contributed by atoms with E-state index in [0.29, 0.717) is 29.5 Å². The molecule has 2 aliphatic heterocycles. The molecule has 48 heavy (non-hydrogen) atoms. The topological polar surface area (TPSA) is 128 Å². The monoisotopic (exact) mass is 672 g/mol. The predicted molar refractivity (Wildman–Crippen MR) is 184 cm³/mol. The molecule has 10 nitrogen and oxygen atoms in total. The summed E-state index contributed by atoms with van der Waals surface area (Å²) in [5.41, 5.74) is 0.139. The highest BCUT2D eigenvalue weighted by Crippen LogP contribution is 2.65. The number of nitrogens with one attached hydrogen (secondary N) is 2. The Kier molecular flexibility index (Phi) is 8.46. The first-order valence-corrected chi connectivity index (χ1v) is 18.5. The van der Waals surface area contributed by atoms with Gasteiger partial charge in [-0.2, -0.15) is 0 Å². The summed E-state index contributed by atoms with van der Waals surface area (Å²) in [5.74, 6) is 0.558. The van der Waals surface area contributed by atoms with Gasteiger partial charge in [0.1, 0.15) is 4.90 Å².